The van der Waals surface area contributed by atoms with Gasteiger partial charge < -0.3 is 19.7 Å². The van der Waals surface area contributed by atoms with Gasteiger partial charge in [-0.3, -0.25) is 9.59 Å². The lowest BCUT2D eigenvalue weighted by atomic mass is 9.88. The quantitative estimate of drug-likeness (QED) is 0.712. The number of hydrogen-bond donors (Lipinski definition) is 1. The molecule has 0 bridgehead atoms. The molecule has 1 fully saturated rings. The molecular formula is C21H23F3N2O5. The van der Waals surface area contributed by atoms with E-state index in [-0.39, 0.29) is 17.0 Å². The predicted octanol–water partition coefficient (Wildman–Crippen LogP) is 2.96. The van der Waals surface area contributed by atoms with Crippen LogP contribution in [0, 0.1) is 0 Å². The van der Waals surface area contributed by atoms with Crippen LogP contribution in [0.1, 0.15) is 43.0 Å². The van der Waals surface area contributed by atoms with Crippen LogP contribution < -0.4 is 10.1 Å². The minimum absolute atomic E-state index is 0.156. The summed E-state index contributed by atoms with van der Waals surface area (Å²) in [6.07, 6.45) is -2.77. The van der Waals surface area contributed by atoms with E-state index in [0.717, 1.165) is 24.9 Å². The Labute approximate surface area is 177 Å². The first-order chi connectivity index (χ1) is 14.6. The minimum atomic E-state index is -5.29. The molecule has 0 aromatic heterocycles. The fourth-order valence-corrected chi connectivity index (χ4v) is 4.29. The van der Waals surface area contributed by atoms with Crippen molar-refractivity contribution in [1.29, 1.82) is 0 Å². The standard InChI is InChI=1S/C21H23F3N2O5/c1-12-16(18(28)31-3)20(21(22,23)24,19(29)26(12)14-8-4-5-9-14)25-17(27)13-7-6-10-15(11-13)30-2/h6-7,10-11,14H,4-5,8-9H2,1-3H3,(H,25,27)/t20-/m1/s1. The van der Waals surface area contributed by atoms with Crippen molar-refractivity contribution in [2.75, 3.05) is 14.2 Å². The van der Waals surface area contributed by atoms with Gasteiger partial charge in [0.1, 0.15) is 11.3 Å². The number of carbonyl (C=O) groups is 3. The highest BCUT2D eigenvalue weighted by atomic mass is 19.4. The second-order valence-electron chi connectivity index (χ2n) is 7.50. The number of alkyl halides is 3. The molecule has 7 nitrogen and oxygen atoms in total. The molecule has 1 aliphatic heterocycles. The molecule has 1 aromatic rings. The molecule has 0 saturated heterocycles. The predicted molar refractivity (Wildman–Crippen MR) is 103 cm³/mol. The van der Waals surface area contributed by atoms with Gasteiger partial charge in [0.05, 0.1) is 14.2 Å². The van der Waals surface area contributed by atoms with E-state index in [0.29, 0.717) is 12.8 Å². The molecule has 1 atom stereocenters. The molecule has 1 aromatic carbocycles. The highest BCUT2D eigenvalue weighted by Gasteiger charge is 2.71. The van der Waals surface area contributed by atoms with Crippen LogP contribution in [0.3, 0.4) is 0 Å². The Morgan fingerprint density at radius 1 is 1.19 bits per heavy atom. The van der Waals surface area contributed by atoms with Gasteiger partial charge in [-0.1, -0.05) is 18.9 Å². The molecule has 31 heavy (non-hydrogen) atoms. The maximum Gasteiger partial charge on any atom is 0.425 e. The summed E-state index contributed by atoms with van der Waals surface area (Å²) in [5, 5.41) is 1.83. The first kappa shape index (κ1) is 22.6. The zero-order valence-electron chi connectivity index (χ0n) is 17.3. The summed E-state index contributed by atoms with van der Waals surface area (Å²) in [6, 6.07) is 4.98. The Bertz CT molecular complexity index is 937. The number of hydrogen-bond acceptors (Lipinski definition) is 5. The van der Waals surface area contributed by atoms with E-state index in [2.05, 4.69) is 4.74 Å². The molecule has 2 amide bonds. The van der Waals surface area contributed by atoms with Crippen molar-refractivity contribution in [3.05, 3.63) is 41.1 Å². The third kappa shape index (κ3) is 3.64. The number of halogens is 3. The smallest absolute Gasteiger partial charge is 0.425 e. The molecule has 1 heterocycles. The van der Waals surface area contributed by atoms with Crippen LogP contribution in [0.2, 0.25) is 0 Å². The molecule has 1 saturated carbocycles. The number of rotatable bonds is 5. The van der Waals surface area contributed by atoms with Crippen LogP contribution in [-0.2, 0) is 14.3 Å². The number of methoxy groups -OCH3 is 2. The normalized spacial score (nSPS) is 22.1. The summed E-state index contributed by atoms with van der Waals surface area (Å²) in [7, 11) is 2.27. The first-order valence-corrected chi connectivity index (χ1v) is 9.75. The second-order valence-corrected chi connectivity index (χ2v) is 7.50. The Balaban J connectivity index is 2.14. The van der Waals surface area contributed by atoms with Crippen LogP contribution in [0.4, 0.5) is 13.2 Å². The van der Waals surface area contributed by atoms with E-state index < -0.39 is 41.1 Å². The molecule has 10 heteroatoms. The van der Waals surface area contributed by atoms with Gasteiger partial charge in [-0.05, 0) is 38.0 Å². The fraction of sp³-hybridized carbons (Fsp3) is 0.476. The lowest BCUT2D eigenvalue weighted by Crippen LogP contribution is -2.66. The average Bonchev–Trinajstić information content (AvgIpc) is 3.32. The van der Waals surface area contributed by atoms with E-state index in [4.69, 9.17) is 4.74 Å². The molecule has 3 rings (SSSR count). The van der Waals surface area contributed by atoms with Crippen LogP contribution in [0.15, 0.2) is 35.5 Å². The zero-order chi connectivity index (χ0) is 23.0. The van der Waals surface area contributed by atoms with Crippen molar-refractivity contribution < 1.29 is 37.0 Å². The number of esters is 1. The number of carbonyl (C=O) groups excluding carboxylic acids is 3. The third-order valence-electron chi connectivity index (χ3n) is 5.78. The highest BCUT2D eigenvalue weighted by molar-refractivity contribution is 6.11. The monoisotopic (exact) mass is 440 g/mol. The first-order valence-electron chi connectivity index (χ1n) is 9.75. The Hall–Kier alpha value is -3.04. The van der Waals surface area contributed by atoms with Crippen LogP contribution >= 0.6 is 0 Å². The summed E-state index contributed by atoms with van der Waals surface area (Å²) in [5.41, 5.74) is -4.79. The van der Waals surface area contributed by atoms with Crippen molar-refractivity contribution in [2.45, 2.75) is 50.4 Å². The fourth-order valence-electron chi connectivity index (χ4n) is 4.29. The minimum Gasteiger partial charge on any atom is -0.497 e. The van der Waals surface area contributed by atoms with Crippen LogP contribution in [0.5, 0.6) is 5.75 Å². The van der Waals surface area contributed by atoms with E-state index in [1.54, 1.807) is 0 Å². The number of benzene rings is 1. The Morgan fingerprint density at radius 2 is 1.84 bits per heavy atom. The molecule has 0 unspecified atom stereocenters. The number of nitrogens with zero attached hydrogens (tertiary/aromatic N) is 1. The number of amides is 2. The highest BCUT2D eigenvalue weighted by Crippen LogP contribution is 2.47. The number of ether oxygens (including phenoxy) is 2. The molecular weight excluding hydrogens is 417 g/mol. The van der Waals surface area contributed by atoms with Gasteiger partial charge in [0, 0.05) is 17.3 Å². The maximum atomic E-state index is 14.5. The van der Waals surface area contributed by atoms with Gasteiger partial charge in [0.2, 0.25) is 0 Å². The summed E-state index contributed by atoms with van der Waals surface area (Å²) in [6.45, 7) is 1.27. The summed E-state index contributed by atoms with van der Waals surface area (Å²) in [5.74, 6) is -3.65. The van der Waals surface area contributed by atoms with Gasteiger partial charge in [-0.2, -0.15) is 13.2 Å². The van der Waals surface area contributed by atoms with Crippen molar-refractivity contribution in [2.24, 2.45) is 0 Å². The van der Waals surface area contributed by atoms with Crippen LogP contribution in [-0.4, -0.2) is 54.7 Å². The van der Waals surface area contributed by atoms with Gasteiger partial charge in [-0.25, -0.2) is 4.79 Å². The summed E-state index contributed by atoms with van der Waals surface area (Å²) >= 11 is 0. The second kappa shape index (κ2) is 8.24. The van der Waals surface area contributed by atoms with Gasteiger partial charge in [0.25, 0.3) is 17.4 Å². The third-order valence-corrected chi connectivity index (χ3v) is 5.78. The van der Waals surface area contributed by atoms with E-state index in [1.165, 1.54) is 38.3 Å². The Morgan fingerprint density at radius 3 is 2.39 bits per heavy atom. The van der Waals surface area contributed by atoms with Gasteiger partial charge in [-0.15, -0.1) is 0 Å². The van der Waals surface area contributed by atoms with Crippen molar-refractivity contribution in [3.63, 3.8) is 0 Å². The lowest BCUT2D eigenvalue weighted by Gasteiger charge is -2.34. The topological polar surface area (TPSA) is 84.9 Å². The summed E-state index contributed by atoms with van der Waals surface area (Å²) < 4.78 is 53.2. The maximum absolute atomic E-state index is 14.5. The molecule has 0 spiro atoms. The lowest BCUT2D eigenvalue weighted by molar-refractivity contribution is -0.192. The molecule has 2 aliphatic rings. The van der Waals surface area contributed by atoms with Crippen molar-refractivity contribution in [3.8, 4) is 5.75 Å². The van der Waals surface area contributed by atoms with E-state index >= 15 is 0 Å². The van der Waals surface area contributed by atoms with E-state index in [1.807, 2.05) is 5.32 Å². The van der Waals surface area contributed by atoms with Gasteiger partial charge >= 0.3 is 12.1 Å². The molecule has 168 valence electrons. The SMILES string of the molecule is COC(=O)C1=C(C)N(C2CCCC2)C(=O)[C@@]1(NC(=O)c1cccc(OC)c1)C(F)(F)F. The average molecular weight is 440 g/mol. The molecule has 1 aliphatic carbocycles. The zero-order valence-corrected chi connectivity index (χ0v) is 17.3. The molecule has 1 N–H and O–H groups in total. The Kier molecular flexibility index (Phi) is 6.02. The number of allylic oxidation sites excluding steroid dienone is 1. The van der Waals surface area contributed by atoms with Gasteiger partial charge in [0.15, 0.2) is 0 Å². The van der Waals surface area contributed by atoms with E-state index in [9.17, 15) is 27.6 Å². The van der Waals surface area contributed by atoms with Crippen molar-refractivity contribution in [1.82, 2.24) is 10.2 Å². The summed E-state index contributed by atoms with van der Waals surface area (Å²) in [4.78, 5) is 39.6. The van der Waals surface area contributed by atoms with Crippen LogP contribution in [0.25, 0.3) is 0 Å². The van der Waals surface area contributed by atoms with Crippen molar-refractivity contribution >= 4 is 17.8 Å². The number of nitrogens with one attached hydrogen (secondary N) is 1. The molecule has 0 radical (unpaired) electrons. The largest absolute Gasteiger partial charge is 0.497 e.